The molecule has 0 spiro atoms. The van der Waals surface area contributed by atoms with E-state index in [0.717, 1.165) is 12.1 Å². The Kier molecular flexibility index (Phi) is 2.60. The second-order valence-corrected chi connectivity index (χ2v) is 4.12. The summed E-state index contributed by atoms with van der Waals surface area (Å²) in [5.74, 6) is 0.298. The van der Waals surface area contributed by atoms with E-state index in [4.69, 9.17) is 5.73 Å². The van der Waals surface area contributed by atoms with Gasteiger partial charge in [0.25, 0.3) is 0 Å². The van der Waals surface area contributed by atoms with Crippen molar-refractivity contribution < 1.29 is 13.2 Å². The average molecular weight is 279 g/mol. The minimum absolute atomic E-state index is 0.0280. The maximum atomic E-state index is 12.6. The Bertz CT molecular complexity index is 778. The molecule has 2 N–H and O–H groups in total. The minimum atomic E-state index is -4.43. The summed E-state index contributed by atoms with van der Waals surface area (Å²) in [4.78, 5) is 0. The molecule has 0 atom stereocenters. The number of nitrogens with zero attached hydrogens (tertiary/aromatic N) is 4. The summed E-state index contributed by atoms with van der Waals surface area (Å²) in [7, 11) is 0. The molecule has 0 unspecified atom stereocenters. The smallest absolute Gasteiger partial charge is 0.398 e. The molecule has 0 fully saturated rings. The van der Waals surface area contributed by atoms with E-state index in [0.29, 0.717) is 17.0 Å². The number of nitrogens with two attached hydrogens (primary N) is 1. The number of nitrogen functional groups attached to an aromatic ring is 1. The first kappa shape index (κ1) is 12.4. The fourth-order valence-electron chi connectivity index (χ4n) is 1.85. The van der Waals surface area contributed by atoms with Gasteiger partial charge >= 0.3 is 6.18 Å². The van der Waals surface area contributed by atoms with Crippen molar-refractivity contribution in [1.29, 1.82) is 0 Å². The van der Waals surface area contributed by atoms with E-state index in [1.54, 1.807) is 12.1 Å². The maximum Gasteiger partial charge on any atom is 0.416 e. The van der Waals surface area contributed by atoms with Gasteiger partial charge in [-0.3, -0.25) is 0 Å². The van der Waals surface area contributed by atoms with E-state index < -0.39 is 11.7 Å². The number of aromatic nitrogens is 4. The van der Waals surface area contributed by atoms with Crippen LogP contribution < -0.4 is 5.73 Å². The molecule has 0 aliphatic carbocycles. The normalized spacial score (nSPS) is 11.9. The SMILES string of the molecule is Nc1cc(C(F)(F)F)ccc1-c1nnc2cccnn12. The number of halogens is 3. The summed E-state index contributed by atoms with van der Waals surface area (Å²) >= 11 is 0. The summed E-state index contributed by atoms with van der Waals surface area (Å²) in [5.41, 5.74) is 5.70. The van der Waals surface area contributed by atoms with Gasteiger partial charge in [-0.2, -0.15) is 22.8 Å². The lowest BCUT2D eigenvalue weighted by Crippen LogP contribution is -2.06. The van der Waals surface area contributed by atoms with E-state index >= 15 is 0 Å². The van der Waals surface area contributed by atoms with Crippen LogP contribution in [-0.2, 0) is 6.18 Å². The van der Waals surface area contributed by atoms with Crippen molar-refractivity contribution in [3.8, 4) is 11.4 Å². The summed E-state index contributed by atoms with van der Waals surface area (Å²) in [6, 6.07) is 6.46. The molecule has 3 rings (SSSR count). The van der Waals surface area contributed by atoms with Gasteiger partial charge in [-0.05, 0) is 30.3 Å². The van der Waals surface area contributed by atoms with Crippen LogP contribution in [0.5, 0.6) is 0 Å². The predicted molar refractivity (Wildman–Crippen MR) is 65.6 cm³/mol. The molecule has 0 saturated carbocycles. The summed E-state index contributed by atoms with van der Waals surface area (Å²) in [6.07, 6.45) is -2.90. The number of anilines is 1. The molecule has 2 aromatic heterocycles. The van der Waals surface area contributed by atoms with Crippen molar-refractivity contribution in [3.05, 3.63) is 42.1 Å². The molecule has 102 valence electrons. The molecule has 0 radical (unpaired) electrons. The highest BCUT2D eigenvalue weighted by molar-refractivity contribution is 5.73. The summed E-state index contributed by atoms with van der Waals surface area (Å²) < 4.78 is 39.2. The van der Waals surface area contributed by atoms with Gasteiger partial charge in [0, 0.05) is 17.4 Å². The zero-order valence-corrected chi connectivity index (χ0v) is 9.96. The maximum absolute atomic E-state index is 12.6. The summed E-state index contributed by atoms with van der Waals surface area (Å²) in [5, 5.41) is 11.8. The van der Waals surface area contributed by atoms with Crippen LogP contribution in [0.25, 0.3) is 17.0 Å². The molecular formula is C12H8F3N5. The first-order valence-corrected chi connectivity index (χ1v) is 5.60. The first-order valence-electron chi connectivity index (χ1n) is 5.60. The van der Waals surface area contributed by atoms with E-state index in [1.807, 2.05) is 0 Å². The monoisotopic (exact) mass is 279 g/mol. The van der Waals surface area contributed by atoms with Crippen LogP contribution in [0.4, 0.5) is 18.9 Å². The van der Waals surface area contributed by atoms with Crippen LogP contribution >= 0.6 is 0 Å². The van der Waals surface area contributed by atoms with Gasteiger partial charge in [0.05, 0.1) is 5.56 Å². The van der Waals surface area contributed by atoms with Crippen molar-refractivity contribution in [2.45, 2.75) is 6.18 Å². The third-order valence-electron chi connectivity index (χ3n) is 2.80. The lowest BCUT2D eigenvalue weighted by molar-refractivity contribution is -0.137. The second kappa shape index (κ2) is 4.19. The van der Waals surface area contributed by atoms with E-state index in [1.165, 1.54) is 16.8 Å². The number of rotatable bonds is 1. The molecule has 2 heterocycles. The zero-order valence-electron chi connectivity index (χ0n) is 9.96. The van der Waals surface area contributed by atoms with Gasteiger partial charge < -0.3 is 5.73 Å². The first-order chi connectivity index (χ1) is 9.47. The standard InChI is InChI=1S/C12H8F3N5/c13-12(14,15)7-3-4-8(9(16)6-7)11-19-18-10-2-1-5-17-20(10)11/h1-6H,16H2. The number of benzene rings is 1. The number of hydrogen-bond donors (Lipinski definition) is 1. The second-order valence-electron chi connectivity index (χ2n) is 4.12. The Balaban J connectivity index is 2.16. The van der Waals surface area contributed by atoms with Gasteiger partial charge in [0.15, 0.2) is 11.5 Å². The quantitative estimate of drug-likeness (QED) is 0.694. The molecule has 0 aliphatic heterocycles. The lowest BCUT2D eigenvalue weighted by Gasteiger charge is -2.09. The Hall–Kier alpha value is -2.64. The number of hydrogen-bond acceptors (Lipinski definition) is 4. The van der Waals surface area contributed by atoms with Crippen LogP contribution in [0.15, 0.2) is 36.5 Å². The van der Waals surface area contributed by atoms with Crippen LogP contribution in [0, 0.1) is 0 Å². The fraction of sp³-hybridized carbons (Fsp3) is 0.0833. The highest BCUT2D eigenvalue weighted by Gasteiger charge is 2.31. The van der Waals surface area contributed by atoms with Crippen LogP contribution in [0.3, 0.4) is 0 Å². The highest BCUT2D eigenvalue weighted by Crippen LogP contribution is 2.33. The predicted octanol–water partition coefficient (Wildman–Crippen LogP) is 2.39. The Labute approximate surface area is 110 Å². The molecule has 20 heavy (non-hydrogen) atoms. The minimum Gasteiger partial charge on any atom is -0.398 e. The summed E-state index contributed by atoms with van der Waals surface area (Å²) in [6.45, 7) is 0. The van der Waals surface area contributed by atoms with Crippen LogP contribution in [0.1, 0.15) is 5.56 Å². The average Bonchev–Trinajstić information content (AvgIpc) is 2.81. The van der Waals surface area contributed by atoms with Crippen molar-refractivity contribution in [1.82, 2.24) is 19.8 Å². The van der Waals surface area contributed by atoms with Crippen molar-refractivity contribution >= 4 is 11.3 Å². The lowest BCUT2D eigenvalue weighted by atomic mass is 10.1. The topological polar surface area (TPSA) is 69.1 Å². The largest absolute Gasteiger partial charge is 0.416 e. The molecule has 1 aromatic carbocycles. The van der Waals surface area contributed by atoms with Gasteiger partial charge in [-0.1, -0.05) is 0 Å². The van der Waals surface area contributed by atoms with Crippen LogP contribution in [0.2, 0.25) is 0 Å². The van der Waals surface area contributed by atoms with Gasteiger partial charge in [-0.15, -0.1) is 10.2 Å². The third-order valence-corrected chi connectivity index (χ3v) is 2.80. The molecule has 3 aromatic rings. The molecule has 0 saturated heterocycles. The van der Waals surface area contributed by atoms with Crippen molar-refractivity contribution in [2.24, 2.45) is 0 Å². The van der Waals surface area contributed by atoms with Gasteiger partial charge in [0.2, 0.25) is 0 Å². The van der Waals surface area contributed by atoms with Gasteiger partial charge in [0.1, 0.15) is 0 Å². The van der Waals surface area contributed by atoms with E-state index in [-0.39, 0.29) is 5.69 Å². The molecule has 5 nitrogen and oxygen atoms in total. The molecule has 0 aliphatic rings. The van der Waals surface area contributed by atoms with Gasteiger partial charge in [-0.25, -0.2) is 0 Å². The van der Waals surface area contributed by atoms with E-state index in [9.17, 15) is 13.2 Å². The highest BCUT2D eigenvalue weighted by atomic mass is 19.4. The molecule has 8 heteroatoms. The molecular weight excluding hydrogens is 271 g/mol. The van der Waals surface area contributed by atoms with Crippen molar-refractivity contribution in [3.63, 3.8) is 0 Å². The molecule has 0 amide bonds. The Morgan fingerprint density at radius 2 is 1.90 bits per heavy atom. The third kappa shape index (κ3) is 1.94. The molecule has 0 bridgehead atoms. The zero-order chi connectivity index (χ0) is 14.3. The number of alkyl halides is 3. The number of fused-ring (bicyclic) bond motifs is 1. The Morgan fingerprint density at radius 1 is 1.10 bits per heavy atom. The van der Waals surface area contributed by atoms with Crippen molar-refractivity contribution in [2.75, 3.05) is 5.73 Å². The fourth-order valence-corrected chi connectivity index (χ4v) is 1.85. The van der Waals surface area contributed by atoms with Crippen LogP contribution in [-0.4, -0.2) is 19.8 Å². The Morgan fingerprint density at radius 3 is 2.60 bits per heavy atom. The van der Waals surface area contributed by atoms with E-state index in [2.05, 4.69) is 15.3 Å².